The van der Waals surface area contributed by atoms with Crippen molar-refractivity contribution in [2.24, 2.45) is 0 Å². The topological polar surface area (TPSA) is 33.1 Å². The molecule has 0 aliphatic rings. The van der Waals surface area contributed by atoms with Crippen LogP contribution in [0.1, 0.15) is 0 Å². The average molecular weight is 292 g/mol. The van der Waals surface area contributed by atoms with Crippen LogP contribution in [0.3, 0.4) is 0 Å². The third-order valence-corrected chi connectivity index (χ3v) is 1.87. The molecule has 1 aromatic heterocycles. The third-order valence-electron chi connectivity index (χ3n) is 0.801. The van der Waals surface area contributed by atoms with Crippen molar-refractivity contribution in [2.75, 3.05) is 0 Å². The van der Waals surface area contributed by atoms with Crippen molar-refractivity contribution in [3.05, 3.63) is 21.0 Å². The molecule has 0 bridgehead atoms. The molecule has 2 nitrogen and oxygen atoms in total. The first-order valence-electron chi connectivity index (χ1n) is 2.20. The molecule has 0 saturated carbocycles. The lowest BCUT2D eigenvalue weighted by Gasteiger charge is -1.93. The van der Waals surface area contributed by atoms with E-state index in [0.29, 0.717) is 8.72 Å². The van der Waals surface area contributed by atoms with Gasteiger partial charge < -0.3 is 5.11 Å². The second-order valence-corrected chi connectivity index (χ2v) is 3.01. The molecule has 0 aliphatic heterocycles. The fraction of sp³-hybridized carbons (Fsp3) is 0. The van der Waals surface area contributed by atoms with Crippen LogP contribution in [0.4, 0.5) is 0 Å². The van der Waals surface area contributed by atoms with Gasteiger partial charge in [0.05, 0.1) is 9.77 Å². The number of rotatable bonds is 0. The van der Waals surface area contributed by atoms with Gasteiger partial charge in [-0.25, -0.2) is 4.98 Å². The minimum atomic E-state index is 0. The van der Waals surface area contributed by atoms with Crippen molar-refractivity contribution in [3.63, 3.8) is 0 Å². The molecule has 0 aromatic carbocycles. The second kappa shape index (κ2) is 4.20. The standard InChI is InChI=1S/C5H3ClINO.ClH/c6-5-1-3(7)4(9)2-8-5;/h1-2,9H;1H. The Balaban J connectivity index is 0.000000810. The van der Waals surface area contributed by atoms with E-state index in [0.717, 1.165) is 0 Å². The Bertz CT molecular complexity index is 231. The Morgan fingerprint density at radius 3 is 2.60 bits per heavy atom. The lowest BCUT2D eigenvalue weighted by Crippen LogP contribution is -1.76. The van der Waals surface area contributed by atoms with Crippen LogP contribution in [0.5, 0.6) is 5.75 Å². The predicted molar refractivity (Wildman–Crippen MR) is 50.9 cm³/mol. The zero-order chi connectivity index (χ0) is 6.85. The summed E-state index contributed by atoms with van der Waals surface area (Å²) in [5, 5.41) is 9.32. The molecular weight excluding hydrogens is 288 g/mol. The molecule has 1 N–H and O–H groups in total. The van der Waals surface area contributed by atoms with E-state index in [9.17, 15) is 0 Å². The smallest absolute Gasteiger partial charge is 0.147 e. The summed E-state index contributed by atoms with van der Waals surface area (Å²) in [6, 6.07) is 1.59. The first-order valence-corrected chi connectivity index (χ1v) is 3.66. The highest BCUT2D eigenvalue weighted by Crippen LogP contribution is 2.19. The van der Waals surface area contributed by atoms with Crippen molar-refractivity contribution in [3.8, 4) is 5.75 Å². The largest absolute Gasteiger partial charge is 0.505 e. The van der Waals surface area contributed by atoms with Gasteiger partial charge in [-0.15, -0.1) is 12.4 Å². The van der Waals surface area contributed by atoms with Crippen LogP contribution in [0.15, 0.2) is 12.3 Å². The molecule has 0 unspecified atom stereocenters. The number of nitrogens with zero attached hydrogens (tertiary/aromatic N) is 1. The Kier molecular flexibility index (Phi) is 4.31. The summed E-state index contributed by atoms with van der Waals surface area (Å²) in [5.41, 5.74) is 0. The molecule has 5 heteroatoms. The van der Waals surface area contributed by atoms with Crippen molar-refractivity contribution in [1.29, 1.82) is 0 Å². The molecule has 0 spiro atoms. The molecule has 1 rings (SSSR count). The molecule has 0 saturated heterocycles. The van der Waals surface area contributed by atoms with E-state index < -0.39 is 0 Å². The number of aromatic nitrogens is 1. The van der Waals surface area contributed by atoms with E-state index in [1.807, 2.05) is 22.6 Å². The van der Waals surface area contributed by atoms with Gasteiger partial charge in [-0.1, -0.05) is 11.6 Å². The zero-order valence-corrected chi connectivity index (χ0v) is 8.44. The fourth-order valence-corrected chi connectivity index (χ4v) is 1.18. The maximum Gasteiger partial charge on any atom is 0.147 e. The minimum absolute atomic E-state index is 0. The van der Waals surface area contributed by atoms with E-state index >= 15 is 0 Å². The molecule has 10 heavy (non-hydrogen) atoms. The monoisotopic (exact) mass is 291 g/mol. The van der Waals surface area contributed by atoms with Crippen LogP contribution in [-0.4, -0.2) is 10.1 Å². The highest BCUT2D eigenvalue weighted by Gasteiger charge is 1.96. The van der Waals surface area contributed by atoms with Gasteiger partial charge >= 0.3 is 0 Å². The van der Waals surface area contributed by atoms with Crippen LogP contribution >= 0.6 is 46.6 Å². The Hall–Kier alpha value is 0.260. The molecule has 0 atom stereocenters. The molecule has 0 fully saturated rings. The number of halogens is 3. The van der Waals surface area contributed by atoms with Crippen LogP contribution < -0.4 is 0 Å². The summed E-state index contributed by atoms with van der Waals surface area (Å²) >= 11 is 7.47. The highest BCUT2D eigenvalue weighted by atomic mass is 127. The maximum absolute atomic E-state index is 8.92. The van der Waals surface area contributed by atoms with E-state index in [1.165, 1.54) is 6.20 Å². The first kappa shape index (κ1) is 10.3. The van der Waals surface area contributed by atoms with Crippen molar-refractivity contribution in [1.82, 2.24) is 4.98 Å². The van der Waals surface area contributed by atoms with Gasteiger partial charge in [0.1, 0.15) is 10.9 Å². The number of aromatic hydroxyl groups is 1. The summed E-state index contributed by atoms with van der Waals surface area (Å²) in [4.78, 5) is 3.65. The summed E-state index contributed by atoms with van der Waals surface area (Å²) < 4.78 is 0.715. The quantitative estimate of drug-likeness (QED) is 0.588. The molecule has 56 valence electrons. The number of hydrogen-bond donors (Lipinski definition) is 1. The summed E-state index contributed by atoms with van der Waals surface area (Å²) in [6.45, 7) is 0. The number of pyridine rings is 1. The van der Waals surface area contributed by atoms with Crippen molar-refractivity contribution < 1.29 is 5.11 Å². The predicted octanol–water partition coefficient (Wildman–Crippen LogP) is 2.47. The third kappa shape index (κ3) is 2.48. The van der Waals surface area contributed by atoms with Crippen LogP contribution in [-0.2, 0) is 0 Å². The SMILES string of the molecule is Cl.Oc1cnc(Cl)cc1I. The Labute approximate surface area is 83.2 Å². The molecule has 0 amide bonds. The van der Waals surface area contributed by atoms with Crippen LogP contribution in [0.25, 0.3) is 0 Å². The Morgan fingerprint density at radius 2 is 2.20 bits per heavy atom. The number of hydrogen-bond acceptors (Lipinski definition) is 2. The molecule has 1 heterocycles. The molecule has 0 radical (unpaired) electrons. The van der Waals surface area contributed by atoms with Gasteiger partial charge in [-0.2, -0.15) is 0 Å². The summed E-state index contributed by atoms with van der Waals surface area (Å²) in [7, 11) is 0. The van der Waals surface area contributed by atoms with Crippen molar-refractivity contribution in [2.45, 2.75) is 0 Å². The van der Waals surface area contributed by atoms with Gasteiger partial charge in [0.15, 0.2) is 0 Å². The van der Waals surface area contributed by atoms with Gasteiger partial charge in [0.25, 0.3) is 0 Å². The minimum Gasteiger partial charge on any atom is -0.505 e. The van der Waals surface area contributed by atoms with E-state index in [1.54, 1.807) is 6.07 Å². The van der Waals surface area contributed by atoms with Crippen molar-refractivity contribution >= 4 is 46.6 Å². The van der Waals surface area contributed by atoms with Crippen LogP contribution in [0.2, 0.25) is 5.15 Å². The first-order chi connectivity index (χ1) is 4.20. The van der Waals surface area contributed by atoms with E-state index in [2.05, 4.69) is 4.98 Å². The molecular formula is C5H4Cl2INO. The van der Waals surface area contributed by atoms with Gasteiger partial charge in [0, 0.05) is 0 Å². The fourth-order valence-electron chi connectivity index (χ4n) is 0.400. The second-order valence-electron chi connectivity index (χ2n) is 1.46. The molecule has 0 aliphatic carbocycles. The lowest BCUT2D eigenvalue weighted by molar-refractivity contribution is 0.469. The Morgan fingerprint density at radius 1 is 1.60 bits per heavy atom. The van der Waals surface area contributed by atoms with Gasteiger partial charge in [-0.3, -0.25) is 0 Å². The van der Waals surface area contributed by atoms with Crippen LogP contribution in [0, 0.1) is 3.57 Å². The molecule has 1 aromatic rings. The maximum atomic E-state index is 8.92. The summed E-state index contributed by atoms with van der Waals surface area (Å²) in [5.74, 6) is 0.167. The summed E-state index contributed by atoms with van der Waals surface area (Å²) in [6.07, 6.45) is 1.32. The lowest BCUT2D eigenvalue weighted by atomic mass is 10.5. The van der Waals surface area contributed by atoms with Gasteiger partial charge in [-0.05, 0) is 28.7 Å². The van der Waals surface area contributed by atoms with Gasteiger partial charge in [0.2, 0.25) is 0 Å². The zero-order valence-electron chi connectivity index (χ0n) is 4.71. The van der Waals surface area contributed by atoms with E-state index in [4.69, 9.17) is 16.7 Å². The van der Waals surface area contributed by atoms with E-state index in [-0.39, 0.29) is 18.2 Å². The highest BCUT2D eigenvalue weighted by molar-refractivity contribution is 14.1. The average Bonchev–Trinajstić information content (AvgIpc) is 1.80. The normalized spacial score (nSPS) is 8.60.